The lowest BCUT2D eigenvalue weighted by atomic mass is 9.41. The van der Waals surface area contributed by atoms with Gasteiger partial charge in [0, 0.05) is 17.4 Å². The van der Waals surface area contributed by atoms with Crippen molar-refractivity contribution in [3.05, 3.63) is 24.2 Å². The van der Waals surface area contributed by atoms with E-state index >= 15 is 0 Å². The van der Waals surface area contributed by atoms with Crippen molar-refractivity contribution in [2.45, 2.75) is 56.5 Å². The Hall–Kier alpha value is -2.35. The van der Waals surface area contributed by atoms with Gasteiger partial charge in [0.25, 0.3) is 0 Å². The largest absolute Gasteiger partial charge is 0.472 e. The average Bonchev–Trinajstić information content (AvgIpc) is 3.40. The number of hydrogen-bond acceptors (Lipinski definition) is 8. The van der Waals surface area contributed by atoms with Crippen LogP contribution < -0.4 is 0 Å². The van der Waals surface area contributed by atoms with E-state index in [0.29, 0.717) is 19.3 Å². The molecule has 0 aromatic carbocycles. The van der Waals surface area contributed by atoms with E-state index in [0.717, 1.165) is 5.56 Å². The molecule has 2 spiro atoms. The molecule has 29 heavy (non-hydrogen) atoms. The molecule has 154 valence electrons. The molecule has 5 heterocycles. The molecular formula is C21H22O8. The number of furan rings is 1. The summed E-state index contributed by atoms with van der Waals surface area (Å²) in [6, 6.07) is 1.83. The van der Waals surface area contributed by atoms with Crippen LogP contribution in [0.1, 0.15) is 44.3 Å². The zero-order valence-corrected chi connectivity index (χ0v) is 16.2. The second-order valence-electron chi connectivity index (χ2n) is 9.27. The Morgan fingerprint density at radius 3 is 2.72 bits per heavy atom. The highest BCUT2D eigenvalue weighted by atomic mass is 16.6. The Bertz CT molecular complexity index is 923. The fourth-order valence-electron chi connectivity index (χ4n) is 7.17. The molecule has 8 atom stereocenters. The van der Waals surface area contributed by atoms with Crippen LogP contribution in [0.4, 0.5) is 0 Å². The van der Waals surface area contributed by atoms with E-state index in [4.69, 9.17) is 23.4 Å². The lowest BCUT2D eigenvalue weighted by Crippen LogP contribution is -2.72. The van der Waals surface area contributed by atoms with Crippen molar-refractivity contribution < 1.29 is 37.7 Å². The molecule has 2 aliphatic carbocycles. The highest BCUT2D eigenvalue weighted by Crippen LogP contribution is 2.74. The van der Waals surface area contributed by atoms with Gasteiger partial charge >= 0.3 is 17.9 Å². The van der Waals surface area contributed by atoms with Gasteiger partial charge in [-0.2, -0.15) is 0 Å². The maximum atomic E-state index is 13.3. The van der Waals surface area contributed by atoms with E-state index in [-0.39, 0.29) is 24.5 Å². The van der Waals surface area contributed by atoms with Crippen molar-refractivity contribution >= 4 is 17.9 Å². The number of rotatable bonds is 2. The van der Waals surface area contributed by atoms with Gasteiger partial charge in [-0.15, -0.1) is 0 Å². The second kappa shape index (κ2) is 5.22. The third kappa shape index (κ3) is 1.75. The quantitative estimate of drug-likeness (QED) is 0.546. The molecule has 8 nitrogen and oxygen atoms in total. The summed E-state index contributed by atoms with van der Waals surface area (Å²) >= 11 is 0. The van der Waals surface area contributed by atoms with Crippen LogP contribution in [0, 0.1) is 22.7 Å². The standard InChI is InChI=1S/C21H22O8/c1-19-7-13(10-3-4-26-9-10)29-20(19)8-15(28-17(20)23)21-12(16(22)25-2)5-11(6-14(19)21)27-18(21)24/h3-4,9,11-15H,5-8H2,1-2H3/t11-,12-,13-,14+,15-,19+,20+,21+/m1/s1. The monoisotopic (exact) mass is 402 g/mol. The van der Waals surface area contributed by atoms with Crippen LogP contribution in [0.15, 0.2) is 23.0 Å². The normalized spacial score (nSPS) is 49.2. The van der Waals surface area contributed by atoms with E-state index in [1.54, 1.807) is 12.5 Å². The minimum absolute atomic E-state index is 0.237. The number of esters is 3. The minimum atomic E-state index is -1.22. The fraction of sp³-hybridized carbons (Fsp3) is 0.667. The van der Waals surface area contributed by atoms with Crippen LogP contribution in [-0.4, -0.2) is 42.8 Å². The van der Waals surface area contributed by atoms with E-state index < -0.39 is 46.4 Å². The van der Waals surface area contributed by atoms with Crippen LogP contribution in [-0.2, 0) is 33.3 Å². The van der Waals surface area contributed by atoms with Crippen molar-refractivity contribution in [1.82, 2.24) is 0 Å². The Morgan fingerprint density at radius 1 is 1.17 bits per heavy atom. The molecule has 4 saturated heterocycles. The molecule has 2 saturated carbocycles. The highest BCUT2D eigenvalue weighted by Gasteiger charge is 2.84. The third-order valence-electron chi connectivity index (χ3n) is 8.41. The van der Waals surface area contributed by atoms with Gasteiger partial charge in [-0.3, -0.25) is 9.59 Å². The number of fused-ring (bicyclic) bond motifs is 3. The average molecular weight is 402 g/mol. The first-order valence-electron chi connectivity index (χ1n) is 10.1. The molecule has 0 amide bonds. The fourth-order valence-corrected chi connectivity index (χ4v) is 7.17. The molecular weight excluding hydrogens is 380 g/mol. The molecule has 1 aromatic heterocycles. The number of carbonyl (C=O) groups excluding carboxylic acids is 3. The van der Waals surface area contributed by atoms with E-state index in [2.05, 4.69) is 0 Å². The number of hydrogen-bond donors (Lipinski definition) is 0. The number of ether oxygens (including phenoxy) is 4. The van der Waals surface area contributed by atoms with Crippen molar-refractivity contribution in [2.24, 2.45) is 22.7 Å². The van der Waals surface area contributed by atoms with Gasteiger partial charge in [0.2, 0.25) is 0 Å². The molecule has 0 unspecified atom stereocenters. The Balaban J connectivity index is 1.54. The molecule has 1 aromatic rings. The summed E-state index contributed by atoms with van der Waals surface area (Å²) in [4.78, 5) is 39.2. The maximum absolute atomic E-state index is 13.3. The number of methoxy groups -OCH3 is 1. The summed E-state index contributed by atoms with van der Waals surface area (Å²) < 4.78 is 28.2. The predicted molar refractivity (Wildman–Crippen MR) is 93.0 cm³/mol. The molecule has 0 N–H and O–H groups in total. The van der Waals surface area contributed by atoms with Crippen LogP contribution in [0.5, 0.6) is 0 Å². The zero-order chi connectivity index (χ0) is 20.2. The minimum Gasteiger partial charge on any atom is -0.472 e. The van der Waals surface area contributed by atoms with Gasteiger partial charge in [0.05, 0.1) is 31.7 Å². The topological polar surface area (TPSA) is 101 Å². The van der Waals surface area contributed by atoms with Gasteiger partial charge in [0.1, 0.15) is 17.6 Å². The Morgan fingerprint density at radius 2 is 2.00 bits per heavy atom. The van der Waals surface area contributed by atoms with Crippen molar-refractivity contribution in [2.75, 3.05) is 7.11 Å². The predicted octanol–water partition coefficient (Wildman–Crippen LogP) is 1.93. The highest BCUT2D eigenvalue weighted by molar-refractivity contribution is 5.93. The molecule has 7 rings (SSSR count). The van der Waals surface area contributed by atoms with Crippen molar-refractivity contribution in [1.29, 1.82) is 0 Å². The molecule has 6 aliphatic rings. The lowest BCUT2D eigenvalue weighted by molar-refractivity contribution is -0.252. The SMILES string of the molecule is COC(=O)[C@H]1C[C@@H]2C[C@@H]3[C@]1(C(=O)O2)[C@H]1C[C@]2(O[C@@H](c4ccoc4)C[C@@]32C)C(=O)O1. The smallest absolute Gasteiger partial charge is 0.339 e. The van der Waals surface area contributed by atoms with Gasteiger partial charge in [-0.25, -0.2) is 4.79 Å². The summed E-state index contributed by atoms with van der Waals surface area (Å²) in [5, 5.41) is 0. The van der Waals surface area contributed by atoms with Crippen LogP contribution in [0.2, 0.25) is 0 Å². The van der Waals surface area contributed by atoms with Crippen LogP contribution in [0.3, 0.4) is 0 Å². The Labute approximate surface area is 166 Å². The first-order chi connectivity index (χ1) is 13.9. The summed E-state index contributed by atoms with van der Waals surface area (Å²) in [5.41, 5.74) is -2.17. The van der Waals surface area contributed by atoms with Gasteiger partial charge in [0.15, 0.2) is 5.60 Å². The molecule has 4 aliphatic heterocycles. The first kappa shape index (κ1) is 17.5. The summed E-state index contributed by atoms with van der Waals surface area (Å²) in [6.45, 7) is 2.00. The van der Waals surface area contributed by atoms with Crippen LogP contribution >= 0.6 is 0 Å². The lowest BCUT2D eigenvalue weighted by Gasteiger charge is -2.62. The second-order valence-corrected chi connectivity index (χ2v) is 9.27. The number of carbonyl (C=O) groups is 3. The van der Waals surface area contributed by atoms with Gasteiger partial charge < -0.3 is 23.4 Å². The molecule has 8 heteroatoms. The Kier molecular flexibility index (Phi) is 3.15. The molecule has 6 fully saturated rings. The summed E-state index contributed by atoms with van der Waals surface area (Å²) in [7, 11) is 1.32. The van der Waals surface area contributed by atoms with Crippen LogP contribution in [0.25, 0.3) is 0 Å². The van der Waals surface area contributed by atoms with Crippen molar-refractivity contribution in [3.63, 3.8) is 0 Å². The van der Waals surface area contributed by atoms with E-state index in [1.807, 2.05) is 13.0 Å². The molecule has 4 bridgehead atoms. The van der Waals surface area contributed by atoms with E-state index in [1.165, 1.54) is 7.11 Å². The molecule has 0 radical (unpaired) electrons. The van der Waals surface area contributed by atoms with Crippen molar-refractivity contribution in [3.8, 4) is 0 Å². The summed E-state index contributed by atoms with van der Waals surface area (Å²) in [6.07, 6.45) is 3.49. The zero-order valence-electron chi connectivity index (χ0n) is 16.2. The first-order valence-corrected chi connectivity index (χ1v) is 10.1. The summed E-state index contributed by atoms with van der Waals surface area (Å²) in [5.74, 6) is -2.29. The van der Waals surface area contributed by atoms with Gasteiger partial charge in [-0.1, -0.05) is 6.92 Å². The van der Waals surface area contributed by atoms with E-state index in [9.17, 15) is 14.4 Å². The van der Waals surface area contributed by atoms with Gasteiger partial charge in [-0.05, 0) is 31.2 Å². The maximum Gasteiger partial charge on any atom is 0.339 e. The third-order valence-corrected chi connectivity index (χ3v) is 8.41.